The number of rotatable bonds is 12. The van der Waals surface area contributed by atoms with E-state index in [0.29, 0.717) is 89.0 Å². The van der Waals surface area contributed by atoms with Gasteiger partial charge in [0.05, 0.1) is 43.5 Å². The van der Waals surface area contributed by atoms with E-state index in [9.17, 15) is 33.9 Å². The van der Waals surface area contributed by atoms with Gasteiger partial charge in [0.1, 0.15) is 81.7 Å². The molecule has 0 aliphatic carbocycles. The highest BCUT2D eigenvalue weighted by Crippen LogP contribution is 2.42. The zero-order valence-corrected chi connectivity index (χ0v) is 47.1. The molecule has 10 rings (SSSR count). The summed E-state index contributed by atoms with van der Waals surface area (Å²) in [5.41, 5.74) is 14.1. The monoisotopic (exact) mass is 1190 g/mol. The van der Waals surface area contributed by atoms with E-state index in [0.717, 1.165) is 34.0 Å². The number of carbonyl (C=O) groups excluding carboxylic acids is 6. The first-order valence-corrected chi connectivity index (χ1v) is 29.8. The Hall–Kier alpha value is -7.80. The summed E-state index contributed by atoms with van der Waals surface area (Å²) in [5, 5.41) is 39.5. The molecule has 2 aliphatic rings. The Balaban J connectivity index is 1.02. The number of aromatic nitrogens is 7. The molecule has 7 aromatic heterocycles. The molecule has 0 saturated carbocycles. The van der Waals surface area contributed by atoms with Crippen LogP contribution in [0.5, 0.6) is 5.75 Å². The zero-order chi connectivity index (χ0) is 56.4. The first-order valence-electron chi connectivity index (χ1n) is 24.6. The number of pyridine rings is 1. The fourth-order valence-electron chi connectivity index (χ4n) is 8.84. The number of aliphatic hydroxyl groups is 1. The van der Waals surface area contributed by atoms with Gasteiger partial charge in [-0.05, 0) is 49.6 Å². The summed E-state index contributed by atoms with van der Waals surface area (Å²) in [7, 11) is 0. The van der Waals surface area contributed by atoms with E-state index in [1.54, 1.807) is 59.0 Å². The third kappa shape index (κ3) is 12.3. The smallest absolute Gasteiger partial charge is 0.303 e. The van der Waals surface area contributed by atoms with Gasteiger partial charge < -0.3 is 47.3 Å². The Labute approximate surface area is 478 Å². The van der Waals surface area contributed by atoms with Crippen LogP contribution in [0.4, 0.5) is 0 Å². The predicted octanol–water partition coefficient (Wildman–Crippen LogP) is 6.04. The van der Waals surface area contributed by atoms with Crippen molar-refractivity contribution in [2.24, 2.45) is 17.4 Å². The molecule has 80 heavy (non-hydrogen) atoms. The molecule has 10 bridgehead atoms. The maximum atomic E-state index is 15.1. The summed E-state index contributed by atoms with van der Waals surface area (Å²) >= 11 is 7.11. The summed E-state index contributed by atoms with van der Waals surface area (Å²) in [6.45, 7) is 3.65. The average Bonchev–Trinajstić information content (AvgIpc) is 4.38. The molecule has 0 radical (unpaired) electrons. The van der Waals surface area contributed by atoms with Gasteiger partial charge in [0.15, 0.2) is 0 Å². The Morgan fingerprint density at radius 1 is 0.713 bits per heavy atom. The SMILES string of the molecule is Cc1sc2nc1C(=O)NCc1nc(cs1)C(=O)N[C@@H](Cc1ccc(OCCCCC(=O)O)cc1)C(=O)N1C[C@H](O)[C@H](C)[C@@H]1c1nc(cs1)-c1nc(cs1)-c1nc(-c3nc(C(N)=O)cs3)ccc1-c1nc(cs1)C(=O)N[C@H]2CC(N)=O. The van der Waals surface area contributed by atoms with Crippen molar-refractivity contribution in [2.45, 2.75) is 76.7 Å². The fourth-order valence-corrected chi connectivity index (χ4v) is 14.0. The lowest BCUT2D eigenvalue weighted by Crippen LogP contribution is -2.50. The van der Waals surface area contributed by atoms with Crippen molar-refractivity contribution < 1.29 is 48.5 Å². The molecule has 0 spiro atoms. The van der Waals surface area contributed by atoms with Crippen LogP contribution in [-0.2, 0) is 27.3 Å². The number of aliphatic hydroxyl groups excluding tert-OH is 1. The number of hydrogen-bond donors (Lipinski definition) is 7. The van der Waals surface area contributed by atoms with Crippen LogP contribution in [-0.4, -0.2) is 117 Å². The van der Waals surface area contributed by atoms with Crippen LogP contribution in [0.15, 0.2) is 63.3 Å². The molecule has 1 aromatic carbocycles. The van der Waals surface area contributed by atoms with E-state index < -0.39 is 71.6 Å². The number of hydrogen-bond acceptors (Lipinski definition) is 22. The van der Waals surface area contributed by atoms with Gasteiger partial charge in [0, 0.05) is 62.6 Å². The molecule has 1 saturated heterocycles. The number of unbranched alkanes of at least 4 members (excludes halogenated alkanes) is 1. The predicted molar refractivity (Wildman–Crippen MR) is 299 cm³/mol. The topological polar surface area (TPSA) is 351 Å². The van der Waals surface area contributed by atoms with Crippen LogP contribution in [0.2, 0.25) is 0 Å². The van der Waals surface area contributed by atoms with Crippen molar-refractivity contribution in [3.05, 3.63) is 112 Å². The molecule has 23 nitrogen and oxygen atoms in total. The van der Waals surface area contributed by atoms with Crippen molar-refractivity contribution in [3.8, 4) is 49.1 Å². The number of nitrogens with zero attached hydrogens (tertiary/aromatic N) is 8. The number of aliphatic carboxylic acids is 1. The maximum Gasteiger partial charge on any atom is 0.303 e. The molecule has 9 heterocycles. The third-order valence-electron chi connectivity index (χ3n) is 12.9. The molecule has 9 N–H and O–H groups in total. The number of amides is 6. The first-order chi connectivity index (χ1) is 38.5. The van der Waals surface area contributed by atoms with Gasteiger partial charge in [-0.3, -0.25) is 33.6 Å². The molecular weight excluding hydrogens is 1150 g/mol. The Morgan fingerprint density at radius 2 is 1.40 bits per heavy atom. The normalized spacial score (nSPS) is 18.7. The van der Waals surface area contributed by atoms with Gasteiger partial charge in [-0.15, -0.1) is 68.0 Å². The maximum absolute atomic E-state index is 15.1. The van der Waals surface area contributed by atoms with Crippen molar-refractivity contribution in [1.29, 1.82) is 0 Å². The number of nitrogens with two attached hydrogens (primary N) is 2. The van der Waals surface area contributed by atoms with Crippen LogP contribution in [0.1, 0.15) is 112 Å². The second kappa shape index (κ2) is 23.9. The Kier molecular flexibility index (Phi) is 16.6. The molecular formula is C51H47N13O10S6. The number of thiazole rings is 6. The van der Waals surface area contributed by atoms with Gasteiger partial charge >= 0.3 is 5.97 Å². The number of primary amides is 2. The van der Waals surface area contributed by atoms with E-state index in [1.807, 2.05) is 12.3 Å². The zero-order valence-electron chi connectivity index (χ0n) is 42.2. The van der Waals surface area contributed by atoms with Gasteiger partial charge in [0.2, 0.25) is 11.8 Å². The van der Waals surface area contributed by atoms with Crippen LogP contribution in [0.25, 0.3) is 43.4 Å². The number of carboxylic acid groups (broad SMARTS) is 1. The summed E-state index contributed by atoms with van der Waals surface area (Å²) in [5.74, 6) is -4.63. The molecule has 1 fully saturated rings. The molecule has 0 unspecified atom stereocenters. The quantitative estimate of drug-likeness (QED) is 0.0685. The Morgan fingerprint density at radius 3 is 2.15 bits per heavy atom. The highest BCUT2D eigenvalue weighted by molar-refractivity contribution is 7.15. The van der Waals surface area contributed by atoms with Crippen molar-refractivity contribution >= 4 is 109 Å². The fraction of sp³-hybridized carbons (Fsp3) is 0.294. The summed E-state index contributed by atoms with van der Waals surface area (Å²) < 4.78 is 5.83. The van der Waals surface area contributed by atoms with E-state index in [1.165, 1.54) is 44.8 Å². The van der Waals surface area contributed by atoms with E-state index in [4.69, 9.17) is 41.2 Å². The van der Waals surface area contributed by atoms with Crippen LogP contribution < -0.4 is 32.2 Å². The summed E-state index contributed by atoms with van der Waals surface area (Å²) in [6, 6.07) is 7.54. The third-order valence-corrected chi connectivity index (χ3v) is 18.4. The van der Waals surface area contributed by atoms with Crippen molar-refractivity contribution in [3.63, 3.8) is 0 Å². The largest absolute Gasteiger partial charge is 0.494 e. The number of carbonyl (C=O) groups is 7. The number of aryl methyl sites for hydroxylation is 1. The molecule has 8 aromatic rings. The molecule has 6 amide bonds. The lowest BCUT2D eigenvalue weighted by Gasteiger charge is -2.29. The standard InChI is InChI=1S/C51H47N13O10S6/c1-22-35(65)16-64-41(22)50-62-34(21-79-50)48-59-30(17-77-48)40-26(10-11-27(56-40)47-60-31(18-78-47)42(53)69)46-61-33(20-76-46)44(71)57-28(14-36(52)66)49-63-39(23(2)80-49)45(72)54-15-37-55-32(19-75-37)43(70)58-29(51(64)73)13-24-6-8-25(9-7-24)74-12-4-3-5-38(67)68/h6-11,17-22,28-29,35,41,65H,3-5,12-16H2,1-2H3,(H2,52,66)(H2,53,69)(H,54,72)(H,57,71)(H,58,70)(H,67,68)/t22-,28-,29-,35-,41+/m0/s1. The molecule has 412 valence electrons. The van der Waals surface area contributed by atoms with Crippen molar-refractivity contribution in [2.75, 3.05) is 13.2 Å². The van der Waals surface area contributed by atoms with E-state index >= 15 is 4.79 Å². The van der Waals surface area contributed by atoms with Gasteiger partial charge in [-0.2, -0.15) is 0 Å². The first kappa shape index (κ1) is 55.5. The number of fused-ring (bicyclic) bond motifs is 16. The molecule has 29 heteroatoms. The Bertz CT molecular complexity index is 3680. The minimum absolute atomic E-state index is 0.00902. The number of nitrogens with one attached hydrogen (secondary N) is 3. The summed E-state index contributed by atoms with van der Waals surface area (Å²) in [4.78, 5) is 127. The number of benzene rings is 1. The minimum Gasteiger partial charge on any atom is -0.494 e. The second-order valence-corrected chi connectivity index (χ2v) is 24.2. The van der Waals surface area contributed by atoms with Gasteiger partial charge in [0.25, 0.3) is 23.6 Å². The van der Waals surface area contributed by atoms with Crippen LogP contribution >= 0.6 is 68.0 Å². The average molecular weight is 1190 g/mol. The summed E-state index contributed by atoms with van der Waals surface area (Å²) in [6.07, 6.45) is -0.220. The lowest BCUT2D eigenvalue weighted by molar-refractivity contribution is -0.137. The van der Waals surface area contributed by atoms with Gasteiger partial charge in [-0.25, -0.2) is 34.9 Å². The molecule has 2 aliphatic heterocycles. The molecule has 5 atom stereocenters. The highest BCUT2D eigenvalue weighted by Gasteiger charge is 2.45. The van der Waals surface area contributed by atoms with E-state index in [2.05, 4.69) is 30.9 Å². The van der Waals surface area contributed by atoms with Crippen LogP contribution in [0, 0.1) is 12.8 Å². The second-order valence-electron chi connectivity index (χ2n) is 18.5. The highest BCUT2D eigenvalue weighted by atomic mass is 32.1. The van der Waals surface area contributed by atoms with Gasteiger partial charge in [-0.1, -0.05) is 19.1 Å². The lowest BCUT2D eigenvalue weighted by atomic mass is 10.00. The minimum atomic E-state index is -1.17. The van der Waals surface area contributed by atoms with Crippen LogP contribution in [0.3, 0.4) is 0 Å². The number of ether oxygens (including phenoxy) is 1. The number of carboxylic acids is 1. The van der Waals surface area contributed by atoms with E-state index in [-0.39, 0.29) is 60.1 Å². The van der Waals surface area contributed by atoms with Crippen molar-refractivity contribution in [1.82, 2.24) is 55.7 Å².